The van der Waals surface area contributed by atoms with Crippen LogP contribution in [0, 0.1) is 0 Å². The second-order valence-electron chi connectivity index (χ2n) is 13.2. The number of thiophene rings is 2. The van der Waals surface area contributed by atoms with Crippen LogP contribution in [0.5, 0.6) is 0 Å². The summed E-state index contributed by atoms with van der Waals surface area (Å²) in [6.07, 6.45) is -0.444. The average Bonchev–Trinajstić information content (AvgIpc) is 3.88. The lowest BCUT2D eigenvalue weighted by Crippen LogP contribution is -2.45. The molecule has 3 aromatic heterocycles. The molecule has 6 heteroatoms. The van der Waals surface area contributed by atoms with Gasteiger partial charge in [0.1, 0.15) is 29.3 Å². The van der Waals surface area contributed by atoms with Gasteiger partial charge in [-0.05, 0) is 47.0 Å². The number of para-hydroxylation sites is 1. The van der Waals surface area contributed by atoms with Gasteiger partial charge in [0.15, 0.2) is 0 Å². The molecule has 4 nitrogen and oxygen atoms in total. The molecular formula is C45H29N3OS2. The third-order valence-corrected chi connectivity index (χ3v) is 12.5. The Morgan fingerprint density at radius 1 is 0.529 bits per heavy atom. The predicted molar refractivity (Wildman–Crippen MR) is 216 cm³/mol. The van der Waals surface area contributed by atoms with Gasteiger partial charge in [-0.2, -0.15) is 0 Å². The first-order valence-electron chi connectivity index (χ1n) is 17.2. The van der Waals surface area contributed by atoms with Crippen LogP contribution in [0.1, 0.15) is 29.0 Å². The second-order valence-corrected chi connectivity index (χ2v) is 15.3. The Morgan fingerprint density at radius 3 is 2.18 bits per heavy atom. The van der Waals surface area contributed by atoms with Crippen molar-refractivity contribution in [2.45, 2.75) is 12.3 Å². The molecule has 242 valence electrons. The molecule has 0 saturated heterocycles. The third-order valence-electron chi connectivity index (χ3n) is 10.2. The average molecular weight is 692 g/mol. The minimum Gasteiger partial charge on any atom is -0.456 e. The van der Waals surface area contributed by atoms with Gasteiger partial charge < -0.3 is 9.73 Å². The number of nitrogens with zero attached hydrogens (tertiary/aromatic N) is 1. The van der Waals surface area contributed by atoms with Crippen molar-refractivity contribution in [3.8, 4) is 11.1 Å². The molecule has 0 bridgehead atoms. The zero-order chi connectivity index (χ0) is 33.5. The molecule has 2 unspecified atom stereocenters. The van der Waals surface area contributed by atoms with E-state index in [1.54, 1.807) is 0 Å². The molecule has 7 aromatic carbocycles. The van der Waals surface area contributed by atoms with Crippen molar-refractivity contribution in [2.24, 2.45) is 4.99 Å². The minimum absolute atomic E-state index is 0.190. The fraction of sp³-hybridized carbons (Fsp3) is 0.0444. The lowest BCUT2D eigenvalue weighted by Gasteiger charge is -2.32. The van der Waals surface area contributed by atoms with Gasteiger partial charge in [-0.1, -0.05) is 121 Å². The van der Waals surface area contributed by atoms with Gasteiger partial charge in [0.25, 0.3) is 0 Å². The molecule has 0 radical (unpaired) electrons. The molecule has 51 heavy (non-hydrogen) atoms. The maximum absolute atomic E-state index is 6.27. The summed E-state index contributed by atoms with van der Waals surface area (Å²) in [4.78, 5) is 5.27. The molecule has 0 spiro atoms. The van der Waals surface area contributed by atoms with Crippen LogP contribution in [0.15, 0.2) is 161 Å². The Morgan fingerprint density at radius 2 is 1.25 bits per heavy atom. The molecule has 10 aromatic rings. The Kier molecular flexibility index (Phi) is 6.46. The van der Waals surface area contributed by atoms with Crippen molar-refractivity contribution in [2.75, 3.05) is 0 Å². The minimum atomic E-state index is -0.254. The lowest BCUT2D eigenvalue weighted by atomic mass is 10.0. The van der Waals surface area contributed by atoms with Crippen LogP contribution in [-0.4, -0.2) is 5.84 Å². The quantitative estimate of drug-likeness (QED) is 0.193. The van der Waals surface area contributed by atoms with E-state index in [2.05, 4.69) is 144 Å². The summed E-state index contributed by atoms with van der Waals surface area (Å²) in [5.74, 6) is 0.866. The van der Waals surface area contributed by atoms with Crippen LogP contribution in [0.2, 0.25) is 0 Å². The molecule has 4 heterocycles. The molecular weight excluding hydrogens is 663 g/mol. The Hall–Kier alpha value is -5.79. The van der Waals surface area contributed by atoms with Crippen LogP contribution in [-0.2, 0) is 0 Å². The van der Waals surface area contributed by atoms with E-state index in [1.165, 1.54) is 51.5 Å². The highest BCUT2D eigenvalue weighted by atomic mass is 32.1. The highest BCUT2D eigenvalue weighted by molar-refractivity contribution is 7.26. The molecule has 0 aliphatic carbocycles. The number of aliphatic imine (C=N–C) groups is 1. The van der Waals surface area contributed by atoms with Gasteiger partial charge in [0, 0.05) is 62.2 Å². The van der Waals surface area contributed by atoms with Crippen LogP contribution in [0.4, 0.5) is 0 Å². The van der Waals surface area contributed by atoms with Crippen molar-refractivity contribution in [1.29, 1.82) is 0 Å². The first-order chi connectivity index (χ1) is 25.2. The van der Waals surface area contributed by atoms with Gasteiger partial charge in [-0.25, -0.2) is 4.99 Å². The largest absolute Gasteiger partial charge is 0.456 e. The summed E-state index contributed by atoms with van der Waals surface area (Å²) in [6, 6.07) is 54.2. The molecule has 1 aliphatic rings. The Bertz CT molecular complexity index is 3010. The number of hydrogen-bond donors (Lipinski definition) is 2. The monoisotopic (exact) mass is 691 g/mol. The summed E-state index contributed by atoms with van der Waals surface area (Å²) in [5, 5.41) is 15.0. The van der Waals surface area contributed by atoms with Crippen molar-refractivity contribution < 1.29 is 4.42 Å². The maximum atomic E-state index is 6.27. The molecule has 11 rings (SSSR count). The topological polar surface area (TPSA) is 49.6 Å². The van der Waals surface area contributed by atoms with E-state index in [0.29, 0.717) is 0 Å². The normalized spacial score (nSPS) is 16.4. The summed E-state index contributed by atoms with van der Waals surface area (Å²) >= 11 is 3.74. The Balaban J connectivity index is 1.01. The number of fused-ring (bicyclic) bond motifs is 9. The van der Waals surface area contributed by atoms with Crippen molar-refractivity contribution in [3.05, 3.63) is 168 Å². The predicted octanol–water partition coefficient (Wildman–Crippen LogP) is 12.3. The van der Waals surface area contributed by atoms with Crippen molar-refractivity contribution in [3.63, 3.8) is 0 Å². The van der Waals surface area contributed by atoms with Crippen molar-refractivity contribution in [1.82, 2.24) is 10.6 Å². The van der Waals surface area contributed by atoms with E-state index >= 15 is 0 Å². The number of nitrogens with one attached hydrogen (secondary N) is 2. The van der Waals surface area contributed by atoms with E-state index < -0.39 is 0 Å². The number of hydrogen-bond acceptors (Lipinski definition) is 6. The maximum Gasteiger partial charge on any atom is 0.135 e. The smallest absolute Gasteiger partial charge is 0.135 e. The summed E-state index contributed by atoms with van der Waals surface area (Å²) in [7, 11) is 0. The number of benzene rings is 7. The fourth-order valence-corrected chi connectivity index (χ4v) is 10.2. The van der Waals surface area contributed by atoms with Gasteiger partial charge in [0.2, 0.25) is 0 Å². The summed E-state index contributed by atoms with van der Waals surface area (Å²) in [6.45, 7) is 0. The molecule has 0 fully saturated rings. The van der Waals surface area contributed by atoms with E-state index in [-0.39, 0.29) is 12.3 Å². The molecule has 0 saturated carbocycles. The van der Waals surface area contributed by atoms with E-state index in [4.69, 9.17) is 9.41 Å². The first-order valence-corrected chi connectivity index (χ1v) is 18.8. The highest BCUT2D eigenvalue weighted by Gasteiger charge is 2.28. The Labute approximate surface area is 301 Å². The highest BCUT2D eigenvalue weighted by Crippen LogP contribution is 2.43. The summed E-state index contributed by atoms with van der Waals surface area (Å²) in [5.41, 5.74) is 7.65. The van der Waals surface area contributed by atoms with Gasteiger partial charge in [-0.3, -0.25) is 5.32 Å². The molecule has 2 atom stereocenters. The van der Waals surface area contributed by atoms with Crippen LogP contribution in [0.25, 0.3) is 73.4 Å². The van der Waals surface area contributed by atoms with Crippen LogP contribution in [0.3, 0.4) is 0 Å². The van der Waals surface area contributed by atoms with Gasteiger partial charge in [-0.15, -0.1) is 22.7 Å². The van der Waals surface area contributed by atoms with E-state index in [9.17, 15) is 0 Å². The van der Waals surface area contributed by atoms with Crippen molar-refractivity contribution >= 4 is 90.8 Å². The number of amidine groups is 1. The molecule has 0 amide bonds. The van der Waals surface area contributed by atoms with Gasteiger partial charge in [0.05, 0.1) is 0 Å². The zero-order valence-corrected chi connectivity index (χ0v) is 28.9. The third kappa shape index (κ3) is 4.65. The lowest BCUT2D eigenvalue weighted by molar-refractivity contribution is 0.411. The molecule has 2 N–H and O–H groups in total. The second kappa shape index (κ2) is 11.4. The van der Waals surface area contributed by atoms with Crippen LogP contribution < -0.4 is 10.6 Å². The van der Waals surface area contributed by atoms with Gasteiger partial charge >= 0.3 is 0 Å². The first kappa shape index (κ1) is 29.0. The fourth-order valence-electron chi connectivity index (χ4n) is 7.78. The zero-order valence-electron chi connectivity index (χ0n) is 27.3. The molecule has 1 aliphatic heterocycles. The van der Waals surface area contributed by atoms with Crippen LogP contribution >= 0.6 is 22.7 Å². The number of rotatable bonds is 4. The van der Waals surface area contributed by atoms with E-state index in [1.807, 2.05) is 40.9 Å². The summed E-state index contributed by atoms with van der Waals surface area (Å²) < 4.78 is 11.5. The number of furan rings is 1. The SMILES string of the molecule is c1ccc(C2=NC(c3ccc4c(c3)sc3cc(-c5cccc6c5sc5ccccc56)ccc34)NC(c3cccc4oc5ccccc5c34)N2)cc1. The standard InChI is InChI=1S/C45H29N3OS2/c1-2-10-26(11-3-1)43-46-44(48-45(47-43)35-16-9-18-37-41(35)34-13-4-6-17-36(34)49-37)28-21-23-32-31-22-20-27(24-39(31)50-40(32)25-28)29-14-8-15-33-30-12-5-7-19-38(30)51-42(29)33/h1-25,44-45,48H,(H,46,47). The van der Waals surface area contributed by atoms with E-state index in [0.717, 1.165) is 44.5 Å².